The predicted octanol–water partition coefficient (Wildman–Crippen LogP) is 2.30. The summed E-state index contributed by atoms with van der Waals surface area (Å²) in [5.41, 5.74) is -0.742. The van der Waals surface area contributed by atoms with E-state index < -0.39 is 17.4 Å². The molecule has 4 saturated carbocycles. The molecule has 4 nitrogen and oxygen atoms in total. The number of carbonyl (C=O) groups is 2. The second-order valence-corrected chi connectivity index (χ2v) is 6.58. The van der Waals surface area contributed by atoms with E-state index in [0.29, 0.717) is 18.3 Å². The zero-order valence-electron chi connectivity index (χ0n) is 10.3. The quantitative estimate of drug-likeness (QED) is 0.754. The predicted molar refractivity (Wildman–Crippen MR) is 64.0 cm³/mol. The Morgan fingerprint density at radius 2 is 1.67 bits per heavy atom. The minimum Gasteiger partial charge on any atom is -0.481 e. The van der Waals surface area contributed by atoms with E-state index in [1.165, 1.54) is 6.08 Å². The van der Waals surface area contributed by atoms with Gasteiger partial charge >= 0.3 is 11.9 Å². The van der Waals surface area contributed by atoms with Crippen LogP contribution in [0.2, 0.25) is 0 Å². The van der Waals surface area contributed by atoms with Crippen LogP contribution in [0, 0.1) is 22.7 Å². The van der Waals surface area contributed by atoms with Crippen molar-refractivity contribution < 1.29 is 19.8 Å². The molecule has 4 aliphatic carbocycles. The SMILES string of the molecule is O=C(O)C=CC12CC3CC(C1)CC(C(=O)O)(C3)C2. The lowest BCUT2D eigenvalue weighted by Gasteiger charge is -2.59. The van der Waals surface area contributed by atoms with Crippen molar-refractivity contribution in [3.05, 3.63) is 12.2 Å². The van der Waals surface area contributed by atoms with E-state index >= 15 is 0 Å². The molecular weight excluding hydrogens is 232 g/mol. The summed E-state index contributed by atoms with van der Waals surface area (Å²) in [7, 11) is 0. The van der Waals surface area contributed by atoms with E-state index in [0.717, 1.165) is 32.1 Å². The number of carboxylic acids is 2. The summed E-state index contributed by atoms with van der Waals surface area (Å²) < 4.78 is 0. The average Bonchev–Trinajstić information content (AvgIpc) is 2.24. The highest BCUT2D eigenvalue weighted by Crippen LogP contribution is 2.65. The number of rotatable bonds is 3. The Morgan fingerprint density at radius 1 is 1.06 bits per heavy atom. The summed E-state index contributed by atoms with van der Waals surface area (Å²) in [5.74, 6) is -0.665. The highest BCUT2D eigenvalue weighted by Gasteiger charge is 2.59. The first-order valence-corrected chi connectivity index (χ1v) is 6.59. The fourth-order valence-corrected chi connectivity index (χ4v) is 5.03. The van der Waals surface area contributed by atoms with Crippen LogP contribution in [0.3, 0.4) is 0 Å². The molecular formula is C14H18O4. The smallest absolute Gasteiger partial charge is 0.327 e. The molecule has 0 spiro atoms. The molecule has 0 aliphatic heterocycles. The first kappa shape index (κ1) is 11.8. The molecule has 0 aromatic rings. The average molecular weight is 250 g/mol. The van der Waals surface area contributed by atoms with Crippen molar-refractivity contribution in [2.45, 2.75) is 38.5 Å². The number of aliphatic carboxylic acids is 2. The third-order valence-electron chi connectivity index (χ3n) is 5.14. The van der Waals surface area contributed by atoms with Crippen molar-refractivity contribution in [3.8, 4) is 0 Å². The van der Waals surface area contributed by atoms with Crippen LogP contribution in [0.5, 0.6) is 0 Å². The Morgan fingerprint density at radius 3 is 2.17 bits per heavy atom. The fraction of sp³-hybridized carbons (Fsp3) is 0.714. The molecule has 4 aliphatic rings. The van der Waals surface area contributed by atoms with E-state index in [1.54, 1.807) is 6.08 Å². The van der Waals surface area contributed by atoms with Gasteiger partial charge in [0.2, 0.25) is 0 Å². The third kappa shape index (κ3) is 1.66. The van der Waals surface area contributed by atoms with Crippen molar-refractivity contribution in [1.82, 2.24) is 0 Å². The molecule has 4 bridgehead atoms. The van der Waals surface area contributed by atoms with Gasteiger partial charge in [-0.2, -0.15) is 0 Å². The molecule has 2 N–H and O–H groups in total. The van der Waals surface area contributed by atoms with Crippen molar-refractivity contribution >= 4 is 11.9 Å². The van der Waals surface area contributed by atoms with Crippen LogP contribution in [-0.4, -0.2) is 22.2 Å². The summed E-state index contributed by atoms with van der Waals surface area (Å²) in [6.45, 7) is 0. The van der Waals surface area contributed by atoms with Crippen LogP contribution >= 0.6 is 0 Å². The van der Waals surface area contributed by atoms with E-state index in [9.17, 15) is 14.7 Å². The number of carboxylic acid groups (broad SMARTS) is 2. The van der Waals surface area contributed by atoms with Crippen molar-refractivity contribution in [3.63, 3.8) is 0 Å². The Kier molecular flexibility index (Phi) is 2.34. The molecule has 4 fully saturated rings. The number of hydrogen-bond acceptors (Lipinski definition) is 2. The van der Waals surface area contributed by atoms with Gasteiger partial charge in [0.15, 0.2) is 0 Å². The number of hydrogen-bond donors (Lipinski definition) is 2. The normalized spacial score (nSPS) is 45.6. The maximum absolute atomic E-state index is 11.6. The first-order valence-electron chi connectivity index (χ1n) is 6.59. The molecule has 0 heterocycles. The van der Waals surface area contributed by atoms with Gasteiger partial charge in [0.05, 0.1) is 5.41 Å². The van der Waals surface area contributed by atoms with Crippen molar-refractivity contribution in [1.29, 1.82) is 0 Å². The molecule has 0 saturated heterocycles. The van der Waals surface area contributed by atoms with Gasteiger partial charge in [0, 0.05) is 6.08 Å². The Bertz CT molecular complexity index is 423. The highest BCUT2D eigenvalue weighted by atomic mass is 16.4. The van der Waals surface area contributed by atoms with Crippen LogP contribution in [0.25, 0.3) is 0 Å². The Balaban J connectivity index is 1.94. The molecule has 18 heavy (non-hydrogen) atoms. The summed E-state index contributed by atoms with van der Waals surface area (Å²) >= 11 is 0. The Labute approximate surface area is 106 Å². The van der Waals surface area contributed by atoms with E-state index in [2.05, 4.69) is 0 Å². The summed E-state index contributed by atoms with van der Waals surface area (Å²) in [6.07, 6.45) is 8.30. The van der Waals surface area contributed by atoms with Gasteiger partial charge in [-0.05, 0) is 55.8 Å². The van der Waals surface area contributed by atoms with Gasteiger partial charge < -0.3 is 10.2 Å². The molecule has 0 aromatic heterocycles. The fourth-order valence-electron chi connectivity index (χ4n) is 5.03. The molecule has 2 unspecified atom stereocenters. The van der Waals surface area contributed by atoms with Crippen LogP contribution < -0.4 is 0 Å². The molecule has 4 heteroatoms. The van der Waals surface area contributed by atoms with Crippen LogP contribution in [0.4, 0.5) is 0 Å². The minimum absolute atomic E-state index is 0.166. The molecule has 98 valence electrons. The topological polar surface area (TPSA) is 74.6 Å². The lowest BCUT2D eigenvalue weighted by Crippen LogP contribution is -2.54. The van der Waals surface area contributed by atoms with Gasteiger partial charge in [-0.15, -0.1) is 0 Å². The lowest BCUT2D eigenvalue weighted by atomic mass is 9.44. The van der Waals surface area contributed by atoms with Gasteiger partial charge in [-0.3, -0.25) is 4.79 Å². The zero-order chi connectivity index (χ0) is 13.0. The van der Waals surface area contributed by atoms with E-state index in [4.69, 9.17) is 5.11 Å². The van der Waals surface area contributed by atoms with Crippen molar-refractivity contribution in [2.75, 3.05) is 0 Å². The minimum atomic E-state index is -0.935. The number of allylic oxidation sites excluding steroid dienone is 1. The standard InChI is InChI=1S/C14H18O4/c15-11(16)1-2-13-4-9-3-10(5-13)7-14(6-9,8-13)12(17)18/h1-2,9-10H,3-8H2,(H,15,16)(H,17,18). The summed E-state index contributed by atoms with van der Waals surface area (Å²) in [5, 5.41) is 18.3. The zero-order valence-corrected chi connectivity index (χ0v) is 10.3. The maximum atomic E-state index is 11.6. The molecule has 0 aromatic carbocycles. The van der Waals surface area contributed by atoms with E-state index in [1.807, 2.05) is 0 Å². The van der Waals surface area contributed by atoms with Gasteiger partial charge in [-0.1, -0.05) is 6.08 Å². The summed E-state index contributed by atoms with van der Waals surface area (Å²) in [6, 6.07) is 0. The van der Waals surface area contributed by atoms with Crippen molar-refractivity contribution in [2.24, 2.45) is 22.7 Å². The lowest BCUT2D eigenvalue weighted by molar-refractivity contribution is -0.170. The summed E-state index contributed by atoms with van der Waals surface area (Å²) in [4.78, 5) is 22.3. The largest absolute Gasteiger partial charge is 0.481 e. The second kappa shape index (κ2) is 3.59. The Hall–Kier alpha value is -1.32. The monoisotopic (exact) mass is 250 g/mol. The third-order valence-corrected chi connectivity index (χ3v) is 5.14. The van der Waals surface area contributed by atoms with Crippen LogP contribution in [-0.2, 0) is 9.59 Å². The first-order chi connectivity index (χ1) is 8.43. The molecule has 2 atom stereocenters. The molecule has 0 radical (unpaired) electrons. The molecule has 4 rings (SSSR count). The second-order valence-electron chi connectivity index (χ2n) is 6.58. The van der Waals surface area contributed by atoms with E-state index in [-0.39, 0.29) is 5.41 Å². The van der Waals surface area contributed by atoms with Gasteiger partial charge in [-0.25, -0.2) is 4.79 Å². The van der Waals surface area contributed by atoms with Gasteiger partial charge in [0.1, 0.15) is 0 Å². The highest BCUT2D eigenvalue weighted by molar-refractivity contribution is 5.80. The molecule has 0 amide bonds. The van der Waals surface area contributed by atoms with Crippen LogP contribution in [0.15, 0.2) is 12.2 Å². The van der Waals surface area contributed by atoms with Gasteiger partial charge in [0.25, 0.3) is 0 Å². The maximum Gasteiger partial charge on any atom is 0.327 e. The van der Waals surface area contributed by atoms with Crippen LogP contribution in [0.1, 0.15) is 38.5 Å².